The summed E-state index contributed by atoms with van der Waals surface area (Å²) in [5, 5.41) is 14.7. The Hall–Kier alpha value is -0.0800. The van der Waals surface area contributed by atoms with E-state index < -0.39 is 0 Å². The minimum Gasteiger partial charge on any atom is -0.304 e. The molecule has 0 saturated heterocycles. The average Bonchev–Trinajstić information content (AvgIpc) is 1.98. The maximum absolute atomic E-state index is 7.50. The van der Waals surface area contributed by atoms with Crippen molar-refractivity contribution < 1.29 is 0 Å². The van der Waals surface area contributed by atoms with Gasteiger partial charge in [0.15, 0.2) is 0 Å². The lowest BCUT2D eigenvalue weighted by Crippen LogP contribution is -2.17. The Labute approximate surface area is 93.3 Å². The smallest absolute Gasteiger partial charge is 0.0546 e. The van der Waals surface area contributed by atoms with Crippen molar-refractivity contribution in [2.75, 3.05) is 0 Å². The van der Waals surface area contributed by atoms with E-state index in [9.17, 15) is 0 Å². The van der Waals surface area contributed by atoms with Crippen LogP contribution in [-0.2, 0) is 0 Å². The summed E-state index contributed by atoms with van der Waals surface area (Å²) in [4.78, 5) is 0. The molecular formula is C9H20Cl2N2. The predicted octanol–water partition coefficient (Wildman–Crippen LogP) is 3.72. The van der Waals surface area contributed by atoms with E-state index in [0.717, 1.165) is 12.8 Å². The molecule has 0 aromatic carbocycles. The van der Waals surface area contributed by atoms with Gasteiger partial charge in [-0.25, -0.2) is 0 Å². The highest BCUT2D eigenvalue weighted by Crippen LogP contribution is 2.09. The van der Waals surface area contributed by atoms with Crippen molar-refractivity contribution in [3.05, 3.63) is 0 Å². The second-order valence-electron chi connectivity index (χ2n) is 3.08. The molecule has 0 aromatic heterocycles. The van der Waals surface area contributed by atoms with Gasteiger partial charge in [0, 0.05) is 5.71 Å². The summed E-state index contributed by atoms with van der Waals surface area (Å²) in [6, 6.07) is 0. The Kier molecular flexibility index (Phi) is 14.4. The zero-order chi connectivity index (χ0) is 8.85. The molecule has 0 heterocycles. The van der Waals surface area contributed by atoms with Gasteiger partial charge in [0.1, 0.15) is 0 Å². The molecule has 1 atom stereocenters. The fraction of sp³-hybridized carbons (Fsp3) is 0.778. The SMILES string of the molecule is CCCCC(C)C(=N)C(C)=N.Cl.Cl. The van der Waals surface area contributed by atoms with E-state index in [0.29, 0.717) is 11.4 Å². The van der Waals surface area contributed by atoms with Gasteiger partial charge in [-0.3, -0.25) is 0 Å². The third-order valence-corrected chi connectivity index (χ3v) is 1.89. The molecule has 2 N–H and O–H groups in total. The molecule has 0 bridgehead atoms. The first-order valence-electron chi connectivity index (χ1n) is 4.23. The van der Waals surface area contributed by atoms with Crippen LogP contribution in [0.25, 0.3) is 0 Å². The molecule has 0 aliphatic rings. The first-order chi connectivity index (χ1) is 5.09. The molecule has 0 rings (SSSR count). The van der Waals surface area contributed by atoms with Gasteiger partial charge in [-0.2, -0.15) is 0 Å². The van der Waals surface area contributed by atoms with Crippen LogP contribution in [-0.4, -0.2) is 11.4 Å². The van der Waals surface area contributed by atoms with Crippen molar-refractivity contribution in [2.45, 2.75) is 40.0 Å². The predicted molar refractivity (Wildman–Crippen MR) is 64.3 cm³/mol. The molecule has 0 aromatic rings. The van der Waals surface area contributed by atoms with Crippen LogP contribution in [0.2, 0.25) is 0 Å². The number of hydrogen-bond donors (Lipinski definition) is 2. The zero-order valence-electron chi connectivity index (χ0n) is 8.52. The molecule has 0 aliphatic carbocycles. The molecule has 0 amide bonds. The molecule has 2 nitrogen and oxygen atoms in total. The van der Waals surface area contributed by atoms with Gasteiger partial charge in [-0.1, -0.05) is 26.7 Å². The van der Waals surface area contributed by atoms with Crippen molar-refractivity contribution >= 4 is 36.2 Å². The first kappa shape index (κ1) is 18.7. The number of hydrogen-bond acceptors (Lipinski definition) is 2. The lowest BCUT2D eigenvalue weighted by molar-refractivity contribution is 0.625. The summed E-state index contributed by atoms with van der Waals surface area (Å²) in [5.74, 6) is 0.271. The Morgan fingerprint density at radius 2 is 1.69 bits per heavy atom. The monoisotopic (exact) mass is 226 g/mol. The van der Waals surface area contributed by atoms with Gasteiger partial charge in [0.2, 0.25) is 0 Å². The first-order valence-corrected chi connectivity index (χ1v) is 4.23. The topological polar surface area (TPSA) is 47.7 Å². The van der Waals surface area contributed by atoms with Gasteiger partial charge >= 0.3 is 0 Å². The van der Waals surface area contributed by atoms with E-state index in [1.54, 1.807) is 6.92 Å². The number of nitrogens with one attached hydrogen (secondary N) is 2. The lowest BCUT2D eigenvalue weighted by Gasteiger charge is -2.10. The normalized spacial score (nSPS) is 10.7. The third kappa shape index (κ3) is 8.26. The summed E-state index contributed by atoms with van der Waals surface area (Å²) in [6.45, 7) is 5.86. The molecule has 1 unspecified atom stereocenters. The second kappa shape index (κ2) is 10.0. The molecule has 80 valence electrons. The third-order valence-electron chi connectivity index (χ3n) is 1.89. The highest BCUT2D eigenvalue weighted by molar-refractivity contribution is 6.39. The fourth-order valence-corrected chi connectivity index (χ4v) is 1.02. The highest BCUT2D eigenvalue weighted by Gasteiger charge is 2.08. The van der Waals surface area contributed by atoms with Crippen molar-refractivity contribution in [1.82, 2.24) is 0 Å². The van der Waals surface area contributed by atoms with Crippen LogP contribution in [0.1, 0.15) is 40.0 Å². The van der Waals surface area contributed by atoms with Crippen LogP contribution in [0.4, 0.5) is 0 Å². The minimum absolute atomic E-state index is 0. The maximum Gasteiger partial charge on any atom is 0.0546 e. The largest absolute Gasteiger partial charge is 0.304 e. The van der Waals surface area contributed by atoms with E-state index >= 15 is 0 Å². The van der Waals surface area contributed by atoms with Crippen LogP contribution in [0.15, 0.2) is 0 Å². The second-order valence-corrected chi connectivity index (χ2v) is 3.08. The average molecular weight is 227 g/mol. The number of rotatable bonds is 5. The highest BCUT2D eigenvalue weighted by atomic mass is 35.5. The molecule has 0 aliphatic heterocycles. The van der Waals surface area contributed by atoms with Gasteiger partial charge in [-0.05, 0) is 19.3 Å². The molecule has 0 saturated carbocycles. The lowest BCUT2D eigenvalue weighted by atomic mass is 9.96. The van der Waals surface area contributed by atoms with Gasteiger partial charge in [-0.15, -0.1) is 24.8 Å². The Morgan fingerprint density at radius 3 is 2.00 bits per heavy atom. The van der Waals surface area contributed by atoms with Crippen molar-refractivity contribution in [3.63, 3.8) is 0 Å². The summed E-state index contributed by atoms with van der Waals surface area (Å²) in [6.07, 6.45) is 3.39. The number of unbranched alkanes of at least 4 members (excludes halogenated alkanes) is 1. The standard InChI is InChI=1S/C9H18N2.2ClH/c1-4-5-6-7(2)9(11)8(3)10;;/h7,10-11H,4-6H2,1-3H3;2*1H. The molecule has 0 radical (unpaired) electrons. The maximum atomic E-state index is 7.50. The van der Waals surface area contributed by atoms with Gasteiger partial charge in [0.25, 0.3) is 0 Å². The molecule has 4 heteroatoms. The fourth-order valence-electron chi connectivity index (χ4n) is 1.02. The number of halogens is 2. The minimum atomic E-state index is 0. The van der Waals surface area contributed by atoms with E-state index in [4.69, 9.17) is 10.8 Å². The quantitative estimate of drug-likeness (QED) is 0.672. The Morgan fingerprint density at radius 1 is 1.23 bits per heavy atom. The van der Waals surface area contributed by atoms with Gasteiger partial charge < -0.3 is 10.8 Å². The van der Waals surface area contributed by atoms with Crippen LogP contribution in [0.5, 0.6) is 0 Å². The van der Waals surface area contributed by atoms with Crippen LogP contribution < -0.4 is 0 Å². The van der Waals surface area contributed by atoms with Crippen LogP contribution in [0, 0.1) is 16.7 Å². The van der Waals surface area contributed by atoms with E-state index in [1.807, 2.05) is 6.92 Å². The summed E-state index contributed by atoms with van der Waals surface area (Å²) in [7, 11) is 0. The molecular weight excluding hydrogens is 207 g/mol. The van der Waals surface area contributed by atoms with E-state index in [1.165, 1.54) is 6.42 Å². The van der Waals surface area contributed by atoms with Crippen molar-refractivity contribution in [2.24, 2.45) is 5.92 Å². The van der Waals surface area contributed by atoms with Crippen LogP contribution >= 0.6 is 24.8 Å². The summed E-state index contributed by atoms with van der Waals surface area (Å²) >= 11 is 0. The Balaban J connectivity index is -0.000000500. The molecule has 0 fully saturated rings. The van der Waals surface area contributed by atoms with E-state index in [-0.39, 0.29) is 30.7 Å². The molecule has 13 heavy (non-hydrogen) atoms. The molecule has 0 spiro atoms. The summed E-state index contributed by atoms with van der Waals surface area (Å²) < 4.78 is 0. The van der Waals surface area contributed by atoms with Crippen molar-refractivity contribution in [1.29, 1.82) is 10.8 Å². The van der Waals surface area contributed by atoms with Gasteiger partial charge in [0.05, 0.1) is 5.71 Å². The summed E-state index contributed by atoms with van der Waals surface area (Å²) in [5.41, 5.74) is 0.909. The zero-order valence-corrected chi connectivity index (χ0v) is 10.1. The van der Waals surface area contributed by atoms with E-state index in [2.05, 4.69) is 6.92 Å². The Bertz CT molecular complexity index is 158. The van der Waals surface area contributed by atoms with Crippen LogP contribution in [0.3, 0.4) is 0 Å². The van der Waals surface area contributed by atoms with Crippen molar-refractivity contribution in [3.8, 4) is 0 Å².